The van der Waals surface area contributed by atoms with E-state index in [9.17, 15) is 4.79 Å². The summed E-state index contributed by atoms with van der Waals surface area (Å²) in [6, 6.07) is 17.9. The molecule has 0 saturated heterocycles. The summed E-state index contributed by atoms with van der Waals surface area (Å²) >= 11 is 0. The molecule has 158 valence electrons. The molecule has 0 aliphatic heterocycles. The first-order valence-corrected chi connectivity index (χ1v) is 10.5. The fourth-order valence-electron chi connectivity index (χ4n) is 2.96. The van der Waals surface area contributed by atoms with E-state index >= 15 is 0 Å². The molecule has 1 amide bonds. The van der Waals surface area contributed by atoms with E-state index in [4.69, 9.17) is 4.74 Å². The first-order chi connectivity index (χ1) is 13.7. The molecule has 4 nitrogen and oxygen atoms in total. The molecule has 0 radical (unpaired) electrons. The molecule has 0 bridgehead atoms. The first kappa shape index (κ1) is 23.0. The molecule has 0 fully saturated rings. The van der Waals surface area contributed by atoms with Crippen LogP contribution >= 0.6 is 0 Å². The van der Waals surface area contributed by atoms with Crippen LogP contribution in [0.2, 0.25) is 0 Å². The molecule has 29 heavy (non-hydrogen) atoms. The Kier molecular flexibility index (Phi) is 8.71. The van der Waals surface area contributed by atoms with Crippen molar-refractivity contribution in [1.82, 2.24) is 10.6 Å². The lowest BCUT2D eigenvalue weighted by Crippen LogP contribution is -2.51. The van der Waals surface area contributed by atoms with Crippen molar-refractivity contribution in [3.8, 4) is 5.75 Å². The van der Waals surface area contributed by atoms with Gasteiger partial charge in [0.05, 0.1) is 6.04 Å². The summed E-state index contributed by atoms with van der Waals surface area (Å²) in [6.45, 7) is 11.8. The average Bonchev–Trinajstić information content (AvgIpc) is 2.66. The number of hydrogen-bond acceptors (Lipinski definition) is 3. The monoisotopic (exact) mass is 396 g/mol. The molecule has 4 heteroatoms. The number of rotatable bonds is 10. The van der Waals surface area contributed by atoms with Crippen molar-refractivity contribution in [1.29, 1.82) is 0 Å². The van der Waals surface area contributed by atoms with Gasteiger partial charge in [-0.15, -0.1) is 0 Å². The minimum absolute atomic E-state index is 0.0469. The van der Waals surface area contributed by atoms with Gasteiger partial charge in [-0.25, -0.2) is 0 Å². The molecule has 2 rings (SSSR count). The Morgan fingerprint density at radius 2 is 1.62 bits per heavy atom. The number of ether oxygens (including phenoxy) is 1. The van der Waals surface area contributed by atoms with E-state index in [2.05, 4.69) is 36.6 Å². The number of amides is 1. The third-order valence-corrected chi connectivity index (χ3v) is 4.54. The molecule has 2 aromatic rings. The highest BCUT2D eigenvalue weighted by atomic mass is 16.5. The second-order valence-electron chi connectivity index (χ2n) is 9.05. The lowest BCUT2D eigenvalue weighted by atomic mass is 10.0. The highest BCUT2D eigenvalue weighted by molar-refractivity contribution is 5.82. The molecule has 0 aliphatic rings. The van der Waals surface area contributed by atoms with E-state index < -0.39 is 0 Å². The summed E-state index contributed by atoms with van der Waals surface area (Å²) in [5, 5.41) is 6.54. The van der Waals surface area contributed by atoms with E-state index in [0.29, 0.717) is 18.9 Å². The zero-order chi connectivity index (χ0) is 21.3. The van der Waals surface area contributed by atoms with Crippen molar-refractivity contribution >= 4 is 5.91 Å². The Morgan fingerprint density at radius 1 is 0.966 bits per heavy atom. The quantitative estimate of drug-likeness (QED) is 0.610. The van der Waals surface area contributed by atoms with E-state index in [1.807, 2.05) is 63.2 Å². The van der Waals surface area contributed by atoms with Gasteiger partial charge in [0.25, 0.3) is 0 Å². The topological polar surface area (TPSA) is 50.4 Å². The van der Waals surface area contributed by atoms with Crippen LogP contribution < -0.4 is 15.4 Å². The van der Waals surface area contributed by atoms with Crippen LogP contribution in [0.25, 0.3) is 0 Å². The molecule has 0 aromatic heterocycles. The smallest absolute Gasteiger partial charge is 0.237 e. The van der Waals surface area contributed by atoms with Crippen molar-refractivity contribution in [2.24, 2.45) is 5.92 Å². The van der Waals surface area contributed by atoms with Crippen molar-refractivity contribution in [3.05, 3.63) is 65.7 Å². The van der Waals surface area contributed by atoms with Crippen LogP contribution in [0.5, 0.6) is 5.75 Å². The maximum Gasteiger partial charge on any atom is 0.237 e. The van der Waals surface area contributed by atoms with Crippen LogP contribution in [0.1, 0.15) is 52.2 Å². The zero-order valence-corrected chi connectivity index (χ0v) is 18.5. The molecule has 2 N–H and O–H groups in total. The lowest BCUT2D eigenvalue weighted by Gasteiger charge is -2.26. The van der Waals surface area contributed by atoms with Crippen LogP contribution in [0.3, 0.4) is 0 Å². The zero-order valence-electron chi connectivity index (χ0n) is 18.5. The van der Waals surface area contributed by atoms with E-state index in [-0.39, 0.29) is 17.5 Å². The molecule has 0 aliphatic carbocycles. The highest BCUT2D eigenvalue weighted by Crippen LogP contribution is 2.16. The molecule has 0 spiro atoms. The maximum absolute atomic E-state index is 12.8. The molecular formula is C25H36N2O2. The van der Waals surface area contributed by atoms with E-state index in [1.54, 1.807) is 0 Å². The standard InChI is InChI=1S/C25H36N2O2/c1-19(2)15-16-26-23(24(28)27-25(3,4)5)17-20-11-13-22(14-12-20)29-18-21-9-7-6-8-10-21/h6-14,19,23,26H,15-18H2,1-5H3,(H,27,28). The van der Waals surface area contributed by atoms with E-state index in [0.717, 1.165) is 29.8 Å². The Hall–Kier alpha value is -2.33. The van der Waals surface area contributed by atoms with Crippen molar-refractivity contribution < 1.29 is 9.53 Å². The van der Waals surface area contributed by atoms with Gasteiger partial charge in [-0.2, -0.15) is 0 Å². The number of benzene rings is 2. The van der Waals surface area contributed by atoms with Crippen LogP contribution in [-0.2, 0) is 17.8 Å². The number of hydrogen-bond donors (Lipinski definition) is 2. The Morgan fingerprint density at radius 3 is 2.21 bits per heavy atom. The van der Waals surface area contributed by atoms with Crippen LogP contribution in [-0.4, -0.2) is 24.0 Å². The second kappa shape index (κ2) is 11.0. The van der Waals surface area contributed by atoms with Gasteiger partial charge in [0.15, 0.2) is 0 Å². The molecule has 2 aromatic carbocycles. The fourth-order valence-corrected chi connectivity index (χ4v) is 2.96. The van der Waals surface area contributed by atoms with Crippen LogP contribution in [0.15, 0.2) is 54.6 Å². The summed E-state index contributed by atoms with van der Waals surface area (Å²) in [5.74, 6) is 1.49. The summed E-state index contributed by atoms with van der Waals surface area (Å²) in [7, 11) is 0. The van der Waals surface area contributed by atoms with Gasteiger partial charge in [0.1, 0.15) is 12.4 Å². The summed E-state index contributed by atoms with van der Waals surface area (Å²) < 4.78 is 5.86. The summed E-state index contributed by atoms with van der Waals surface area (Å²) in [4.78, 5) is 12.8. The normalized spacial score (nSPS) is 12.6. The molecule has 1 unspecified atom stereocenters. The van der Waals surface area contributed by atoms with Gasteiger partial charge in [0.2, 0.25) is 5.91 Å². The first-order valence-electron chi connectivity index (χ1n) is 10.5. The summed E-state index contributed by atoms with van der Waals surface area (Å²) in [6.07, 6.45) is 1.70. The molecule has 1 atom stereocenters. The average molecular weight is 397 g/mol. The van der Waals surface area contributed by atoms with Crippen LogP contribution in [0, 0.1) is 5.92 Å². The highest BCUT2D eigenvalue weighted by Gasteiger charge is 2.22. The number of carbonyl (C=O) groups is 1. The largest absolute Gasteiger partial charge is 0.489 e. The second-order valence-corrected chi connectivity index (χ2v) is 9.05. The maximum atomic E-state index is 12.8. The van der Waals surface area contributed by atoms with Gasteiger partial charge < -0.3 is 15.4 Å². The van der Waals surface area contributed by atoms with Crippen molar-refractivity contribution in [3.63, 3.8) is 0 Å². The number of carbonyl (C=O) groups excluding carboxylic acids is 1. The van der Waals surface area contributed by atoms with Gasteiger partial charge in [0, 0.05) is 5.54 Å². The van der Waals surface area contributed by atoms with Gasteiger partial charge in [-0.3, -0.25) is 4.79 Å². The predicted octanol–water partition coefficient (Wildman–Crippen LogP) is 4.73. The fraction of sp³-hybridized carbons (Fsp3) is 0.480. The van der Waals surface area contributed by atoms with Gasteiger partial charge in [-0.1, -0.05) is 56.3 Å². The minimum Gasteiger partial charge on any atom is -0.489 e. The Balaban J connectivity index is 1.96. The van der Waals surface area contributed by atoms with Gasteiger partial charge in [-0.05, 0) is 69.3 Å². The number of nitrogens with one attached hydrogen (secondary N) is 2. The Bertz CT molecular complexity index is 734. The molecular weight excluding hydrogens is 360 g/mol. The van der Waals surface area contributed by atoms with E-state index in [1.165, 1.54) is 0 Å². The van der Waals surface area contributed by atoms with Crippen molar-refractivity contribution in [2.45, 2.75) is 65.6 Å². The third-order valence-electron chi connectivity index (χ3n) is 4.54. The minimum atomic E-state index is -0.246. The molecule has 0 saturated carbocycles. The SMILES string of the molecule is CC(C)CCNC(Cc1ccc(OCc2ccccc2)cc1)C(=O)NC(C)(C)C. The van der Waals surface area contributed by atoms with Crippen LogP contribution in [0.4, 0.5) is 0 Å². The Labute approximate surface area is 176 Å². The third kappa shape index (κ3) is 9.14. The lowest BCUT2D eigenvalue weighted by molar-refractivity contribution is -0.124. The van der Waals surface area contributed by atoms with Gasteiger partial charge >= 0.3 is 0 Å². The molecule has 0 heterocycles. The van der Waals surface area contributed by atoms with Crippen molar-refractivity contribution in [2.75, 3.05) is 6.54 Å². The predicted molar refractivity (Wildman–Crippen MR) is 120 cm³/mol. The summed E-state index contributed by atoms with van der Waals surface area (Å²) in [5.41, 5.74) is 2.01.